The molecule has 6 nitrogen and oxygen atoms in total. The molecular formula is C20H29N3O3S. The minimum absolute atomic E-state index is 0.0629. The van der Waals surface area contributed by atoms with E-state index in [9.17, 15) is 14.9 Å². The normalized spacial score (nSPS) is 19.1. The van der Waals surface area contributed by atoms with E-state index >= 15 is 0 Å². The molecule has 1 heterocycles. The Morgan fingerprint density at radius 1 is 1.41 bits per heavy atom. The fourth-order valence-corrected chi connectivity index (χ4v) is 4.11. The molecule has 27 heavy (non-hydrogen) atoms. The molecule has 1 aliphatic rings. The molecule has 1 aliphatic heterocycles. The quantitative estimate of drug-likeness (QED) is 0.505. The van der Waals surface area contributed by atoms with Crippen LogP contribution in [0.5, 0.6) is 0 Å². The van der Waals surface area contributed by atoms with Crippen molar-refractivity contribution in [1.82, 2.24) is 4.90 Å². The highest BCUT2D eigenvalue weighted by Gasteiger charge is 2.34. The molecule has 0 amide bonds. The van der Waals surface area contributed by atoms with Crippen molar-refractivity contribution in [3.8, 4) is 0 Å². The number of carbonyl (C=O) groups excluding carboxylic acids is 1. The van der Waals surface area contributed by atoms with Crippen molar-refractivity contribution in [3.05, 3.63) is 33.9 Å². The van der Waals surface area contributed by atoms with E-state index in [-0.39, 0.29) is 17.5 Å². The van der Waals surface area contributed by atoms with Crippen LogP contribution in [0.4, 0.5) is 11.4 Å². The summed E-state index contributed by atoms with van der Waals surface area (Å²) >= 11 is 1.66. The third-order valence-electron chi connectivity index (χ3n) is 4.59. The Balaban J connectivity index is 2.33. The first-order valence-electron chi connectivity index (χ1n) is 9.25. The van der Waals surface area contributed by atoms with Crippen LogP contribution in [-0.2, 0) is 4.79 Å². The summed E-state index contributed by atoms with van der Waals surface area (Å²) in [6, 6.07) is 4.97. The van der Waals surface area contributed by atoms with Gasteiger partial charge in [-0.05, 0) is 30.9 Å². The van der Waals surface area contributed by atoms with Crippen LogP contribution in [0.25, 0.3) is 0 Å². The maximum Gasteiger partial charge on any atom is 0.269 e. The molecule has 148 valence electrons. The van der Waals surface area contributed by atoms with Crippen molar-refractivity contribution in [2.45, 2.75) is 54.0 Å². The lowest BCUT2D eigenvalue weighted by Crippen LogP contribution is -2.42. The van der Waals surface area contributed by atoms with Gasteiger partial charge < -0.3 is 4.90 Å². The minimum atomic E-state index is -0.402. The number of hydrogen-bond donors (Lipinski definition) is 0. The molecule has 1 aromatic carbocycles. The van der Waals surface area contributed by atoms with E-state index in [2.05, 4.69) is 18.7 Å². The van der Waals surface area contributed by atoms with Gasteiger partial charge >= 0.3 is 0 Å². The van der Waals surface area contributed by atoms with Crippen molar-refractivity contribution >= 4 is 34.1 Å². The molecule has 1 aromatic rings. The van der Waals surface area contributed by atoms with E-state index in [4.69, 9.17) is 4.99 Å². The summed E-state index contributed by atoms with van der Waals surface area (Å²) in [6.07, 6.45) is 1.00. The van der Waals surface area contributed by atoms with Gasteiger partial charge in [0.1, 0.15) is 0 Å². The highest BCUT2D eigenvalue weighted by molar-refractivity contribution is 8.14. The van der Waals surface area contributed by atoms with Crippen LogP contribution in [0, 0.1) is 28.4 Å². The van der Waals surface area contributed by atoms with Crippen molar-refractivity contribution in [2.75, 3.05) is 12.3 Å². The Morgan fingerprint density at radius 3 is 2.59 bits per heavy atom. The van der Waals surface area contributed by atoms with Crippen LogP contribution in [0.2, 0.25) is 0 Å². The Bertz CT molecular complexity index is 753. The van der Waals surface area contributed by atoms with Gasteiger partial charge in [0.15, 0.2) is 11.0 Å². The van der Waals surface area contributed by atoms with Gasteiger partial charge in [-0.1, -0.05) is 46.4 Å². The number of aliphatic imine (C=N–C) groups is 1. The van der Waals surface area contributed by atoms with Crippen LogP contribution in [0.3, 0.4) is 0 Å². The van der Waals surface area contributed by atoms with Crippen LogP contribution in [0.1, 0.15) is 46.6 Å². The first-order valence-corrected chi connectivity index (χ1v) is 10.2. The number of Topliss-reactive ketones (excluding diaryl/α,β-unsaturated/α-hetero) is 1. The number of carbonyl (C=O) groups is 1. The number of nitro benzene ring substituents is 1. The zero-order valence-electron chi connectivity index (χ0n) is 17.0. The standard InChI is InChI=1S/C20H29N3O3S/c1-13(2)9-16-12-27-19(22(16)11-18(24)20(4,5)6)21-17-8-7-15(23(25)26)10-14(17)3/h7-8,10,13,16H,9,11-12H2,1-6H3/t16-/m0/s1. The van der Waals surface area contributed by atoms with Crippen LogP contribution < -0.4 is 0 Å². The van der Waals surface area contributed by atoms with E-state index in [1.54, 1.807) is 17.8 Å². The molecule has 7 heteroatoms. The molecule has 1 saturated heterocycles. The van der Waals surface area contributed by atoms with Gasteiger partial charge in [0.2, 0.25) is 0 Å². The van der Waals surface area contributed by atoms with Gasteiger partial charge in [0, 0.05) is 29.3 Å². The highest BCUT2D eigenvalue weighted by atomic mass is 32.2. The predicted octanol–water partition coefficient (Wildman–Crippen LogP) is 4.97. The number of nitro groups is 1. The lowest BCUT2D eigenvalue weighted by Gasteiger charge is -2.29. The van der Waals surface area contributed by atoms with Gasteiger partial charge in [0.05, 0.1) is 17.2 Å². The maximum absolute atomic E-state index is 12.7. The number of nitrogens with zero attached hydrogens (tertiary/aromatic N) is 3. The number of aryl methyl sites for hydroxylation is 1. The molecule has 0 unspecified atom stereocenters. The smallest absolute Gasteiger partial charge is 0.269 e. The SMILES string of the molecule is Cc1cc([N+](=O)[O-])ccc1N=C1SC[C@H](CC(C)C)N1CC(=O)C(C)(C)C. The zero-order valence-corrected chi connectivity index (χ0v) is 17.8. The number of rotatable bonds is 6. The summed E-state index contributed by atoms with van der Waals surface area (Å²) in [7, 11) is 0. The van der Waals surface area contributed by atoms with E-state index < -0.39 is 10.3 Å². The average molecular weight is 392 g/mol. The molecular weight excluding hydrogens is 362 g/mol. The first kappa shape index (κ1) is 21.4. The monoisotopic (exact) mass is 391 g/mol. The Labute approximate surface area is 165 Å². The van der Waals surface area contributed by atoms with E-state index in [1.165, 1.54) is 12.1 Å². The first-order chi connectivity index (χ1) is 12.5. The number of hydrogen-bond acceptors (Lipinski definition) is 5. The number of non-ortho nitro benzene ring substituents is 1. The second kappa shape index (κ2) is 8.42. The van der Waals surface area contributed by atoms with Crippen LogP contribution in [-0.4, -0.2) is 39.1 Å². The lowest BCUT2D eigenvalue weighted by molar-refractivity contribution is -0.384. The topological polar surface area (TPSA) is 75.8 Å². The number of amidine groups is 1. The van der Waals surface area contributed by atoms with Gasteiger partial charge in [-0.2, -0.15) is 0 Å². The molecule has 0 radical (unpaired) electrons. The Morgan fingerprint density at radius 2 is 2.07 bits per heavy atom. The van der Waals surface area contributed by atoms with Crippen molar-refractivity contribution in [3.63, 3.8) is 0 Å². The Hall–Kier alpha value is -1.89. The molecule has 0 aromatic heterocycles. The highest BCUT2D eigenvalue weighted by Crippen LogP contribution is 2.33. The van der Waals surface area contributed by atoms with Crippen LogP contribution in [0.15, 0.2) is 23.2 Å². The minimum Gasteiger partial charge on any atom is -0.340 e. The Kier molecular flexibility index (Phi) is 6.68. The lowest BCUT2D eigenvalue weighted by atomic mass is 9.90. The summed E-state index contributed by atoms with van der Waals surface area (Å²) in [5.74, 6) is 1.62. The van der Waals surface area contributed by atoms with Crippen molar-refractivity contribution in [2.24, 2.45) is 16.3 Å². The molecule has 0 spiro atoms. The van der Waals surface area contributed by atoms with Crippen molar-refractivity contribution in [1.29, 1.82) is 0 Å². The molecule has 0 aliphatic carbocycles. The van der Waals surface area contributed by atoms with Gasteiger partial charge in [-0.15, -0.1) is 0 Å². The summed E-state index contributed by atoms with van der Waals surface area (Å²) in [5.41, 5.74) is 1.13. The van der Waals surface area contributed by atoms with Crippen molar-refractivity contribution < 1.29 is 9.72 Å². The summed E-state index contributed by atoms with van der Waals surface area (Å²) in [4.78, 5) is 30.1. The van der Waals surface area contributed by atoms with E-state index in [0.29, 0.717) is 18.2 Å². The third-order valence-corrected chi connectivity index (χ3v) is 5.73. The molecule has 0 saturated carbocycles. The van der Waals surface area contributed by atoms with Gasteiger partial charge in [-0.3, -0.25) is 14.9 Å². The largest absolute Gasteiger partial charge is 0.340 e. The second-order valence-corrected chi connectivity index (χ2v) is 9.50. The summed E-state index contributed by atoms with van der Waals surface area (Å²) < 4.78 is 0. The maximum atomic E-state index is 12.7. The van der Waals surface area contributed by atoms with E-state index in [1.807, 2.05) is 27.7 Å². The molecule has 1 fully saturated rings. The van der Waals surface area contributed by atoms with E-state index in [0.717, 1.165) is 22.9 Å². The number of benzene rings is 1. The predicted molar refractivity (Wildman–Crippen MR) is 112 cm³/mol. The molecule has 0 N–H and O–H groups in total. The summed E-state index contributed by atoms with van der Waals surface area (Å²) in [6.45, 7) is 12.4. The zero-order chi connectivity index (χ0) is 20.4. The average Bonchev–Trinajstić information content (AvgIpc) is 2.89. The molecule has 0 bridgehead atoms. The summed E-state index contributed by atoms with van der Waals surface area (Å²) in [5, 5.41) is 11.8. The number of ketones is 1. The van der Waals surface area contributed by atoms with Gasteiger partial charge in [0.25, 0.3) is 5.69 Å². The van der Waals surface area contributed by atoms with Gasteiger partial charge in [-0.25, -0.2) is 4.99 Å². The molecule has 1 atom stereocenters. The third kappa shape index (κ3) is 5.54. The fraction of sp³-hybridized carbons (Fsp3) is 0.600. The van der Waals surface area contributed by atoms with Crippen LogP contribution >= 0.6 is 11.8 Å². The number of thioether (sulfide) groups is 1. The fourth-order valence-electron chi connectivity index (χ4n) is 2.91. The molecule has 2 rings (SSSR count). The second-order valence-electron chi connectivity index (χ2n) is 8.52.